The SMILES string of the molecule is CC(C)C(CCN)CCC(=O)N(C)Cc1cscn1. The van der Waals surface area contributed by atoms with Crippen LogP contribution in [0.2, 0.25) is 0 Å². The zero-order valence-electron chi connectivity index (χ0n) is 12.1. The molecular weight excluding hydrogens is 258 g/mol. The highest BCUT2D eigenvalue weighted by Crippen LogP contribution is 2.21. The topological polar surface area (TPSA) is 59.2 Å². The quantitative estimate of drug-likeness (QED) is 0.797. The van der Waals surface area contributed by atoms with Crippen LogP contribution in [0.15, 0.2) is 10.9 Å². The second-order valence-corrected chi connectivity index (χ2v) is 6.07. The Labute approximate surface area is 120 Å². The summed E-state index contributed by atoms with van der Waals surface area (Å²) in [6.07, 6.45) is 2.53. The predicted octanol–water partition coefficient (Wildman–Crippen LogP) is 2.50. The smallest absolute Gasteiger partial charge is 0.222 e. The number of nitrogens with two attached hydrogens (primary N) is 1. The number of hydrogen-bond donors (Lipinski definition) is 1. The van der Waals surface area contributed by atoms with E-state index < -0.39 is 0 Å². The highest BCUT2D eigenvalue weighted by molar-refractivity contribution is 7.07. The maximum absolute atomic E-state index is 12.1. The highest BCUT2D eigenvalue weighted by atomic mass is 32.1. The Kier molecular flexibility index (Phi) is 7.02. The van der Waals surface area contributed by atoms with Crippen molar-refractivity contribution in [3.05, 3.63) is 16.6 Å². The molecule has 0 aliphatic rings. The van der Waals surface area contributed by atoms with Crippen LogP contribution in [0, 0.1) is 11.8 Å². The van der Waals surface area contributed by atoms with Crippen molar-refractivity contribution in [3.8, 4) is 0 Å². The van der Waals surface area contributed by atoms with Crippen molar-refractivity contribution in [3.63, 3.8) is 0 Å². The Hall–Kier alpha value is -0.940. The van der Waals surface area contributed by atoms with Gasteiger partial charge in [0, 0.05) is 18.8 Å². The molecule has 2 N–H and O–H groups in total. The number of thiazole rings is 1. The molecule has 0 saturated carbocycles. The van der Waals surface area contributed by atoms with E-state index >= 15 is 0 Å². The first-order chi connectivity index (χ1) is 9.04. The molecule has 1 aromatic rings. The maximum atomic E-state index is 12.1. The Bertz CT molecular complexity index is 365. The van der Waals surface area contributed by atoms with Crippen LogP contribution in [-0.2, 0) is 11.3 Å². The largest absolute Gasteiger partial charge is 0.340 e. The van der Waals surface area contributed by atoms with Gasteiger partial charge >= 0.3 is 0 Å². The molecular formula is C14H25N3OS. The van der Waals surface area contributed by atoms with Crippen molar-refractivity contribution < 1.29 is 4.79 Å². The van der Waals surface area contributed by atoms with Gasteiger partial charge in [-0.15, -0.1) is 11.3 Å². The summed E-state index contributed by atoms with van der Waals surface area (Å²) >= 11 is 1.56. The van der Waals surface area contributed by atoms with E-state index in [9.17, 15) is 4.79 Å². The van der Waals surface area contributed by atoms with E-state index in [0.717, 1.165) is 18.5 Å². The molecule has 0 bridgehead atoms. The second-order valence-electron chi connectivity index (χ2n) is 5.35. The zero-order chi connectivity index (χ0) is 14.3. The van der Waals surface area contributed by atoms with Crippen LogP contribution in [0.25, 0.3) is 0 Å². The first kappa shape index (κ1) is 16.1. The number of hydrogen-bond acceptors (Lipinski definition) is 4. The van der Waals surface area contributed by atoms with Gasteiger partial charge in [-0.3, -0.25) is 4.79 Å². The van der Waals surface area contributed by atoms with E-state index in [1.165, 1.54) is 0 Å². The van der Waals surface area contributed by atoms with E-state index in [-0.39, 0.29) is 5.91 Å². The summed E-state index contributed by atoms with van der Waals surface area (Å²) in [5.74, 6) is 1.32. The van der Waals surface area contributed by atoms with E-state index in [1.54, 1.807) is 21.7 Å². The van der Waals surface area contributed by atoms with Crippen LogP contribution in [-0.4, -0.2) is 29.4 Å². The van der Waals surface area contributed by atoms with E-state index in [2.05, 4.69) is 18.8 Å². The number of rotatable bonds is 8. The molecule has 0 saturated heterocycles. The summed E-state index contributed by atoms with van der Waals surface area (Å²) in [6.45, 7) is 5.70. The Morgan fingerprint density at radius 2 is 2.21 bits per heavy atom. The van der Waals surface area contributed by atoms with Gasteiger partial charge in [-0.1, -0.05) is 13.8 Å². The molecule has 1 rings (SSSR count). The van der Waals surface area contributed by atoms with Crippen molar-refractivity contribution in [2.75, 3.05) is 13.6 Å². The number of nitrogens with zero attached hydrogens (tertiary/aromatic N) is 2. The van der Waals surface area contributed by atoms with Crippen LogP contribution in [0.3, 0.4) is 0 Å². The molecule has 0 radical (unpaired) electrons. The number of carbonyl (C=O) groups excluding carboxylic acids is 1. The molecule has 0 aliphatic carbocycles. The van der Waals surface area contributed by atoms with Gasteiger partial charge < -0.3 is 10.6 Å². The molecule has 1 aromatic heterocycles. The predicted molar refractivity (Wildman–Crippen MR) is 79.8 cm³/mol. The summed E-state index contributed by atoms with van der Waals surface area (Å²) in [6, 6.07) is 0. The molecule has 108 valence electrons. The van der Waals surface area contributed by atoms with Gasteiger partial charge in [-0.05, 0) is 31.2 Å². The second kappa shape index (κ2) is 8.27. The third-order valence-corrected chi connectivity index (χ3v) is 4.15. The summed E-state index contributed by atoms with van der Waals surface area (Å²) in [5, 5.41) is 1.98. The molecule has 1 unspecified atom stereocenters. The monoisotopic (exact) mass is 283 g/mol. The number of aromatic nitrogens is 1. The number of carbonyl (C=O) groups is 1. The Balaban J connectivity index is 2.36. The van der Waals surface area contributed by atoms with Gasteiger partial charge in [0.15, 0.2) is 0 Å². The van der Waals surface area contributed by atoms with Crippen LogP contribution in [0.4, 0.5) is 0 Å². The lowest BCUT2D eigenvalue weighted by molar-refractivity contribution is -0.130. The molecule has 4 nitrogen and oxygen atoms in total. The average molecular weight is 283 g/mol. The van der Waals surface area contributed by atoms with Crippen LogP contribution in [0.1, 0.15) is 38.8 Å². The molecule has 1 atom stereocenters. The molecule has 1 amide bonds. The molecule has 19 heavy (non-hydrogen) atoms. The van der Waals surface area contributed by atoms with Crippen LogP contribution < -0.4 is 5.73 Å². The highest BCUT2D eigenvalue weighted by Gasteiger charge is 2.16. The van der Waals surface area contributed by atoms with E-state index in [1.807, 2.05) is 12.4 Å². The fraction of sp³-hybridized carbons (Fsp3) is 0.714. The van der Waals surface area contributed by atoms with Crippen LogP contribution in [0.5, 0.6) is 0 Å². The number of amides is 1. The van der Waals surface area contributed by atoms with Crippen molar-refractivity contribution in [2.24, 2.45) is 17.6 Å². The summed E-state index contributed by atoms with van der Waals surface area (Å²) in [4.78, 5) is 18.0. The molecule has 0 fully saturated rings. The maximum Gasteiger partial charge on any atom is 0.222 e. The molecule has 0 spiro atoms. The van der Waals surface area contributed by atoms with Gasteiger partial charge in [0.1, 0.15) is 0 Å². The van der Waals surface area contributed by atoms with Gasteiger partial charge in [0.2, 0.25) is 5.91 Å². The summed E-state index contributed by atoms with van der Waals surface area (Å²) < 4.78 is 0. The third-order valence-electron chi connectivity index (χ3n) is 3.52. The molecule has 0 aliphatic heterocycles. The molecule has 0 aromatic carbocycles. The van der Waals surface area contributed by atoms with Crippen molar-refractivity contribution >= 4 is 17.2 Å². The summed E-state index contributed by atoms with van der Waals surface area (Å²) in [7, 11) is 1.84. The normalized spacial score (nSPS) is 12.7. The van der Waals surface area contributed by atoms with Crippen molar-refractivity contribution in [1.82, 2.24) is 9.88 Å². The first-order valence-corrected chi connectivity index (χ1v) is 7.80. The zero-order valence-corrected chi connectivity index (χ0v) is 12.9. The van der Waals surface area contributed by atoms with Gasteiger partial charge in [0.25, 0.3) is 0 Å². The van der Waals surface area contributed by atoms with Gasteiger partial charge in [-0.2, -0.15) is 0 Å². The lowest BCUT2D eigenvalue weighted by atomic mass is 9.88. The lowest BCUT2D eigenvalue weighted by Gasteiger charge is -2.22. The molecule has 5 heteroatoms. The van der Waals surface area contributed by atoms with Gasteiger partial charge in [0.05, 0.1) is 17.7 Å². The summed E-state index contributed by atoms with van der Waals surface area (Å²) in [5.41, 5.74) is 8.38. The van der Waals surface area contributed by atoms with Crippen molar-refractivity contribution in [1.29, 1.82) is 0 Å². The average Bonchev–Trinajstić information content (AvgIpc) is 2.86. The first-order valence-electron chi connectivity index (χ1n) is 6.85. The lowest BCUT2D eigenvalue weighted by Crippen LogP contribution is -2.27. The van der Waals surface area contributed by atoms with Gasteiger partial charge in [-0.25, -0.2) is 4.98 Å². The minimum absolute atomic E-state index is 0.190. The fourth-order valence-electron chi connectivity index (χ4n) is 2.17. The minimum Gasteiger partial charge on any atom is -0.340 e. The Morgan fingerprint density at radius 1 is 1.47 bits per heavy atom. The van der Waals surface area contributed by atoms with E-state index in [0.29, 0.717) is 31.3 Å². The fourth-order valence-corrected chi connectivity index (χ4v) is 2.72. The Morgan fingerprint density at radius 3 is 2.74 bits per heavy atom. The van der Waals surface area contributed by atoms with Crippen LogP contribution >= 0.6 is 11.3 Å². The van der Waals surface area contributed by atoms with Crippen molar-refractivity contribution in [2.45, 2.75) is 39.7 Å². The minimum atomic E-state index is 0.190. The standard InChI is InChI=1S/C14H25N3OS/c1-11(2)12(6-7-15)4-5-14(18)17(3)8-13-9-19-10-16-13/h9-12H,4-8,15H2,1-3H3. The third kappa shape index (κ3) is 5.70. The van der Waals surface area contributed by atoms with E-state index in [4.69, 9.17) is 5.73 Å². The molecule has 1 heterocycles.